The van der Waals surface area contributed by atoms with E-state index < -0.39 is 5.97 Å². The second kappa shape index (κ2) is 6.70. The van der Waals surface area contributed by atoms with Crippen LogP contribution in [0.5, 0.6) is 5.75 Å². The van der Waals surface area contributed by atoms with E-state index in [1.807, 2.05) is 0 Å². The molecule has 0 amide bonds. The Morgan fingerprint density at radius 1 is 1.24 bits per heavy atom. The van der Waals surface area contributed by atoms with Crippen LogP contribution in [0.3, 0.4) is 0 Å². The first-order valence-electron chi connectivity index (χ1n) is 6.10. The normalized spacial score (nSPS) is 10.2. The molecule has 0 aliphatic heterocycles. The lowest BCUT2D eigenvalue weighted by atomic mass is 10.1. The third kappa shape index (κ3) is 3.80. The van der Waals surface area contributed by atoms with Crippen LogP contribution in [-0.2, 0) is 11.3 Å². The van der Waals surface area contributed by atoms with E-state index in [1.54, 1.807) is 30.3 Å². The Hall–Kier alpha value is -1.91. The number of anilines is 1. The Labute approximate surface area is 132 Å². The van der Waals surface area contributed by atoms with Gasteiger partial charge in [0, 0.05) is 22.8 Å². The van der Waals surface area contributed by atoms with Crippen molar-refractivity contribution in [1.82, 2.24) is 0 Å². The molecular formula is C15H13Cl2NO3. The van der Waals surface area contributed by atoms with Crippen LogP contribution in [-0.4, -0.2) is 18.2 Å². The van der Waals surface area contributed by atoms with Crippen LogP contribution in [0.2, 0.25) is 10.0 Å². The van der Waals surface area contributed by atoms with Crippen molar-refractivity contribution in [3.05, 3.63) is 57.6 Å². The van der Waals surface area contributed by atoms with E-state index in [-0.39, 0.29) is 11.3 Å². The molecule has 0 aromatic heterocycles. The van der Waals surface area contributed by atoms with Gasteiger partial charge in [-0.2, -0.15) is 0 Å². The zero-order valence-corrected chi connectivity index (χ0v) is 12.7. The maximum Gasteiger partial charge on any atom is 0.339 e. The molecule has 2 rings (SSSR count). The molecule has 0 radical (unpaired) electrons. The minimum atomic E-state index is -0.505. The van der Waals surface area contributed by atoms with Crippen molar-refractivity contribution < 1.29 is 14.6 Å². The maximum atomic E-state index is 11.6. The standard InChI is InChI=1S/C15H13Cl2NO3/c1-21-15(20)12-7-11(3-4-13(12)17)18-8-9-6-10(16)2-5-14(9)19/h2-7,18-19H,8H2,1H3. The van der Waals surface area contributed by atoms with Gasteiger partial charge in [0.1, 0.15) is 5.75 Å². The molecule has 0 fully saturated rings. The van der Waals surface area contributed by atoms with Gasteiger partial charge in [-0.05, 0) is 36.4 Å². The van der Waals surface area contributed by atoms with E-state index in [0.717, 1.165) is 0 Å². The van der Waals surface area contributed by atoms with Gasteiger partial charge in [-0.3, -0.25) is 0 Å². The van der Waals surface area contributed by atoms with E-state index in [9.17, 15) is 9.90 Å². The van der Waals surface area contributed by atoms with E-state index in [4.69, 9.17) is 23.2 Å². The zero-order valence-electron chi connectivity index (χ0n) is 11.2. The van der Waals surface area contributed by atoms with Gasteiger partial charge < -0.3 is 15.2 Å². The molecule has 2 N–H and O–H groups in total. The fourth-order valence-electron chi connectivity index (χ4n) is 1.79. The molecule has 2 aromatic carbocycles. The van der Waals surface area contributed by atoms with Crippen molar-refractivity contribution in [1.29, 1.82) is 0 Å². The van der Waals surface area contributed by atoms with Crippen molar-refractivity contribution in [2.75, 3.05) is 12.4 Å². The number of phenols is 1. The van der Waals surface area contributed by atoms with Gasteiger partial charge in [0.05, 0.1) is 17.7 Å². The summed E-state index contributed by atoms with van der Waals surface area (Å²) in [6.45, 7) is 0.356. The Morgan fingerprint density at radius 3 is 2.71 bits per heavy atom. The van der Waals surface area contributed by atoms with Crippen LogP contribution in [0.4, 0.5) is 5.69 Å². The summed E-state index contributed by atoms with van der Waals surface area (Å²) in [6.07, 6.45) is 0. The lowest BCUT2D eigenvalue weighted by Gasteiger charge is -2.10. The highest BCUT2D eigenvalue weighted by molar-refractivity contribution is 6.33. The first-order chi connectivity index (χ1) is 10.0. The number of methoxy groups -OCH3 is 1. The average Bonchev–Trinajstić information content (AvgIpc) is 2.48. The predicted octanol–water partition coefficient (Wildman–Crippen LogP) is 4.10. The summed E-state index contributed by atoms with van der Waals surface area (Å²) in [5, 5.41) is 13.7. The van der Waals surface area contributed by atoms with E-state index in [1.165, 1.54) is 13.2 Å². The van der Waals surface area contributed by atoms with Gasteiger partial charge in [-0.15, -0.1) is 0 Å². The number of aromatic hydroxyl groups is 1. The average molecular weight is 326 g/mol. The van der Waals surface area contributed by atoms with Crippen LogP contribution in [0.15, 0.2) is 36.4 Å². The Bertz CT molecular complexity index is 674. The summed E-state index contributed by atoms with van der Waals surface area (Å²) < 4.78 is 4.66. The van der Waals surface area contributed by atoms with E-state index in [2.05, 4.69) is 10.1 Å². The minimum Gasteiger partial charge on any atom is -0.508 e. The van der Waals surface area contributed by atoms with Gasteiger partial charge >= 0.3 is 5.97 Å². The predicted molar refractivity (Wildman–Crippen MR) is 83.2 cm³/mol. The Balaban J connectivity index is 2.17. The first kappa shape index (κ1) is 15.5. The number of halogens is 2. The summed E-state index contributed by atoms with van der Waals surface area (Å²) in [6, 6.07) is 9.74. The molecule has 0 saturated heterocycles. The number of phenolic OH excluding ortho intramolecular Hbond substituents is 1. The molecule has 110 valence electrons. The second-order valence-corrected chi connectivity index (χ2v) is 5.16. The number of hydrogen-bond donors (Lipinski definition) is 2. The smallest absolute Gasteiger partial charge is 0.339 e. The van der Waals surface area contributed by atoms with Gasteiger partial charge in [-0.25, -0.2) is 4.79 Å². The third-order valence-electron chi connectivity index (χ3n) is 2.90. The molecule has 0 atom stereocenters. The number of carbonyl (C=O) groups excluding carboxylic acids is 1. The topological polar surface area (TPSA) is 58.6 Å². The molecule has 0 heterocycles. The molecule has 21 heavy (non-hydrogen) atoms. The van der Waals surface area contributed by atoms with Crippen molar-refractivity contribution in [2.45, 2.75) is 6.54 Å². The molecule has 6 heteroatoms. The molecule has 0 bridgehead atoms. The quantitative estimate of drug-likeness (QED) is 0.831. The molecule has 0 unspecified atom stereocenters. The van der Waals surface area contributed by atoms with Crippen molar-refractivity contribution in [2.24, 2.45) is 0 Å². The third-order valence-corrected chi connectivity index (χ3v) is 3.46. The van der Waals surface area contributed by atoms with Gasteiger partial charge in [0.25, 0.3) is 0 Å². The van der Waals surface area contributed by atoms with Gasteiger partial charge in [0.2, 0.25) is 0 Å². The van der Waals surface area contributed by atoms with Crippen molar-refractivity contribution in [3.8, 4) is 5.75 Å². The van der Waals surface area contributed by atoms with Crippen LogP contribution in [0, 0.1) is 0 Å². The summed E-state index contributed by atoms with van der Waals surface area (Å²) >= 11 is 11.8. The lowest BCUT2D eigenvalue weighted by Crippen LogP contribution is -2.05. The molecule has 0 aliphatic rings. The number of hydrogen-bond acceptors (Lipinski definition) is 4. The summed E-state index contributed by atoms with van der Waals surface area (Å²) in [5.74, 6) is -0.358. The van der Waals surface area contributed by atoms with Crippen LogP contribution >= 0.6 is 23.2 Å². The second-order valence-electron chi connectivity index (χ2n) is 4.31. The van der Waals surface area contributed by atoms with Crippen LogP contribution in [0.25, 0.3) is 0 Å². The first-order valence-corrected chi connectivity index (χ1v) is 6.86. The number of nitrogens with one attached hydrogen (secondary N) is 1. The summed E-state index contributed by atoms with van der Waals surface area (Å²) in [7, 11) is 1.29. The molecule has 0 aliphatic carbocycles. The number of benzene rings is 2. The molecule has 2 aromatic rings. The maximum absolute atomic E-state index is 11.6. The fraction of sp³-hybridized carbons (Fsp3) is 0.133. The SMILES string of the molecule is COC(=O)c1cc(NCc2cc(Cl)ccc2O)ccc1Cl. The highest BCUT2D eigenvalue weighted by Crippen LogP contribution is 2.25. The number of ether oxygens (including phenoxy) is 1. The van der Waals surface area contributed by atoms with Crippen LogP contribution < -0.4 is 5.32 Å². The van der Waals surface area contributed by atoms with E-state index >= 15 is 0 Å². The largest absolute Gasteiger partial charge is 0.508 e. The molecule has 0 spiro atoms. The summed E-state index contributed by atoms with van der Waals surface area (Å²) in [4.78, 5) is 11.6. The lowest BCUT2D eigenvalue weighted by molar-refractivity contribution is 0.0601. The van der Waals surface area contributed by atoms with Crippen molar-refractivity contribution >= 4 is 34.9 Å². The number of rotatable bonds is 4. The molecular weight excluding hydrogens is 313 g/mol. The number of carbonyl (C=O) groups is 1. The molecule has 4 nitrogen and oxygen atoms in total. The minimum absolute atomic E-state index is 0.147. The Kier molecular flexibility index (Phi) is 4.94. The summed E-state index contributed by atoms with van der Waals surface area (Å²) in [5.41, 5.74) is 1.61. The van der Waals surface area contributed by atoms with Crippen molar-refractivity contribution in [3.63, 3.8) is 0 Å². The molecule has 0 saturated carbocycles. The number of esters is 1. The van der Waals surface area contributed by atoms with E-state index in [0.29, 0.717) is 27.8 Å². The fourth-order valence-corrected chi connectivity index (χ4v) is 2.18. The Morgan fingerprint density at radius 2 is 2.00 bits per heavy atom. The van der Waals surface area contributed by atoms with Gasteiger partial charge in [0.15, 0.2) is 0 Å². The van der Waals surface area contributed by atoms with Crippen LogP contribution in [0.1, 0.15) is 15.9 Å². The highest BCUT2D eigenvalue weighted by atomic mass is 35.5. The monoisotopic (exact) mass is 325 g/mol. The highest BCUT2D eigenvalue weighted by Gasteiger charge is 2.11. The van der Waals surface area contributed by atoms with Gasteiger partial charge in [-0.1, -0.05) is 23.2 Å². The zero-order chi connectivity index (χ0) is 15.4.